The molecule has 0 saturated carbocycles. The van der Waals surface area contributed by atoms with E-state index < -0.39 is 11.9 Å². The number of H-pyrrole nitrogens is 2. The summed E-state index contributed by atoms with van der Waals surface area (Å²) < 4.78 is 22.7. The molecule has 0 bridgehead atoms. The molecular weight excluding hydrogens is 584 g/mol. The Kier molecular flexibility index (Phi) is 8.69. The molecule has 0 spiro atoms. The Balaban J connectivity index is 1.10. The van der Waals surface area contributed by atoms with Crippen molar-refractivity contribution in [3.05, 3.63) is 83.9 Å². The van der Waals surface area contributed by atoms with Crippen LogP contribution in [0.1, 0.15) is 37.8 Å². The molecule has 10 nitrogen and oxygen atoms in total. The molecule has 0 aliphatic carbocycles. The fraction of sp³-hybridized carbons (Fsp3) is 0.222. The van der Waals surface area contributed by atoms with Crippen molar-refractivity contribution >= 4 is 34.0 Å². The zero-order valence-corrected chi connectivity index (χ0v) is 26.1. The summed E-state index contributed by atoms with van der Waals surface area (Å²) in [7, 11) is 0. The van der Waals surface area contributed by atoms with Gasteiger partial charge in [-0.1, -0.05) is 12.1 Å². The van der Waals surface area contributed by atoms with Crippen LogP contribution in [0.5, 0.6) is 23.0 Å². The Labute approximate surface area is 265 Å². The van der Waals surface area contributed by atoms with Crippen molar-refractivity contribution in [2.45, 2.75) is 40.5 Å². The molecule has 2 N–H and O–H groups in total. The van der Waals surface area contributed by atoms with Crippen LogP contribution in [0.3, 0.4) is 0 Å². The Morgan fingerprint density at radius 2 is 1.02 bits per heavy atom. The third-order valence-electron chi connectivity index (χ3n) is 7.29. The first kappa shape index (κ1) is 30.4. The molecule has 4 aromatic carbocycles. The number of aryl methyl sites for hydroxylation is 2. The molecule has 0 unspecified atom stereocenters. The monoisotopic (exact) mass is 618 g/mol. The van der Waals surface area contributed by atoms with Gasteiger partial charge in [0.1, 0.15) is 11.6 Å². The number of hydrogen-bond acceptors (Lipinski definition) is 8. The molecule has 234 valence electrons. The number of aromatic nitrogens is 4. The number of aromatic amines is 2. The SMILES string of the molecule is CCOc1cc(-c2nc3ccc(C)cc3[nH]2)ccc1OC(=O)CCC(=O)Oc1ccc(-c2nc3ccc(C)cc3[nH]2)cc1OCC. The number of carbonyl (C=O) groups is 2. The summed E-state index contributed by atoms with van der Waals surface area (Å²) >= 11 is 0. The van der Waals surface area contributed by atoms with Crippen LogP contribution in [0, 0.1) is 13.8 Å². The van der Waals surface area contributed by atoms with E-state index in [-0.39, 0.29) is 24.3 Å². The lowest BCUT2D eigenvalue weighted by molar-refractivity contribution is -0.140. The molecule has 2 aromatic heterocycles. The minimum Gasteiger partial charge on any atom is -0.490 e. The summed E-state index contributed by atoms with van der Waals surface area (Å²) in [6.07, 6.45) is -0.370. The molecule has 46 heavy (non-hydrogen) atoms. The molecule has 0 aliphatic rings. The van der Waals surface area contributed by atoms with E-state index in [1.165, 1.54) is 0 Å². The smallest absolute Gasteiger partial charge is 0.311 e. The van der Waals surface area contributed by atoms with E-state index in [0.29, 0.717) is 36.4 Å². The first-order valence-electron chi connectivity index (χ1n) is 15.2. The number of carbonyl (C=O) groups excluding carboxylic acids is 2. The first-order chi connectivity index (χ1) is 22.3. The molecule has 6 aromatic rings. The Hall–Kier alpha value is -5.64. The van der Waals surface area contributed by atoms with E-state index in [9.17, 15) is 9.59 Å². The average Bonchev–Trinajstić information content (AvgIpc) is 3.66. The van der Waals surface area contributed by atoms with E-state index in [1.54, 1.807) is 36.4 Å². The van der Waals surface area contributed by atoms with Crippen LogP contribution in [0.2, 0.25) is 0 Å². The number of imidazole rings is 2. The van der Waals surface area contributed by atoms with Gasteiger partial charge in [-0.25, -0.2) is 9.97 Å². The zero-order chi connectivity index (χ0) is 32.2. The van der Waals surface area contributed by atoms with E-state index in [2.05, 4.69) is 19.9 Å². The van der Waals surface area contributed by atoms with Crippen LogP contribution in [0.4, 0.5) is 0 Å². The molecule has 10 heteroatoms. The Morgan fingerprint density at radius 1 is 0.587 bits per heavy atom. The fourth-order valence-corrected chi connectivity index (χ4v) is 5.09. The standard InChI is InChI=1S/C36H34N4O6/c1-5-43-31-19-23(35-37-25-11-7-21(3)17-27(25)39-35)9-13-29(31)45-33(41)15-16-34(42)46-30-14-10-24(20-32(30)44-6-2)36-38-26-12-8-22(4)18-28(26)40-36/h7-14,17-20H,5-6,15-16H2,1-4H3,(H,37,39)(H,38,40). The van der Waals surface area contributed by atoms with Crippen LogP contribution >= 0.6 is 0 Å². The van der Waals surface area contributed by atoms with Gasteiger partial charge in [0.05, 0.1) is 48.1 Å². The van der Waals surface area contributed by atoms with Crippen molar-refractivity contribution in [3.63, 3.8) is 0 Å². The lowest BCUT2D eigenvalue weighted by Crippen LogP contribution is -2.15. The number of fused-ring (bicyclic) bond motifs is 2. The maximum Gasteiger partial charge on any atom is 0.311 e. The number of nitrogens with one attached hydrogen (secondary N) is 2. The third kappa shape index (κ3) is 6.71. The molecular formula is C36H34N4O6. The number of hydrogen-bond donors (Lipinski definition) is 2. The molecule has 0 aliphatic heterocycles. The highest BCUT2D eigenvalue weighted by molar-refractivity contribution is 5.83. The molecule has 0 atom stereocenters. The predicted octanol–water partition coefficient (Wildman–Crippen LogP) is 7.48. The van der Waals surface area contributed by atoms with E-state index >= 15 is 0 Å². The van der Waals surface area contributed by atoms with Gasteiger partial charge >= 0.3 is 11.9 Å². The Bertz CT molecular complexity index is 1910. The van der Waals surface area contributed by atoms with Gasteiger partial charge in [-0.15, -0.1) is 0 Å². The predicted molar refractivity (Wildman–Crippen MR) is 175 cm³/mol. The van der Waals surface area contributed by atoms with E-state index in [1.807, 2.05) is 64.1 Å². The van der Waals surface area contributed by atoms with Crippen LogP contribution in [0.15, 0.2) is 72.8 Å². The third-order valence-corrected chi connectivity index (χ3v) is 7.29. The zero-order valence-electron chi connectivity index (χ0n) is 26.1. The topological polar surface area (TPSA) is 128 Å². The van der Waals surface area contributed by atoms with Crippen molar-refractivity contribution in [2.75, 3.05) is 13.2 Å². The lowest BCUT2D eigenvalue weighted by Gasteiger charge is -2.13. The second-order valence-electron chi connectivity index (χ2n) is 10.8. The lowest BCUT2D eigenvalue weighted by atomic mass is 10.2. The minimum absolute atomic E-state index is 0.185. The molecule has 0 radical (unpaired) electrons. The fourth-order valence-electron chi connectivity index (χ4n) is 5.09. The first-order valence-corrected chi connectivity index (χ1v) is 15.2. The van der Waals surface area contributed by atoms with Crippen molar-refractivity contribution in [1.82, 2.24) is 19.9 Å². The van der Waals surface area contributed by atoms with Crippen LogP contribution < -0.4 is 18.9 Å². The molecule has 0 saturated heterocycles. The molecule has 0 fully saturated rings. The quantitative estimate of drug-likeness (QED) is 0.113. The van der Waals surface area contributed by atoms with E-state index in [4.69, 9.17) is 18.9 Å². The number of ether oxygens (including phenoxy) is 4. The highest BCUT2D eigenvalue weighted by atomic mass is 16.6. The van der Waals surface area contributed by atoms with Crippen LogP contribution in [-0.2, 0) is 9.59 Å². The maximum absolute atomic E-state index is 12.8. The molecule has 6 rings (SSSR count). The molecule has 0 amide bonds. The van der Waals surface area contributed by atoms with Crippen molar-refractivity contribution in [3.8, 4) is 45.8 Å². The van der Waals surface area contributed by atoms with Gasteiger partial charge < -0.3 is 28.9 Å². The second-order valence-corrected chi connectivity index (χ2v) is 10.8. The number of nitrogens with zero attached hydrogens (tertiary/aromatic N) is 2. The minimum atomic E-state index is -0.592. The summed E-state index contributed by atoms with van der Waals surface area (Å²) in [4.78, 5) is 41.5. The van der Waals surface area contributed by atoms with Gasteiger partial charge in [0, 0.05) is 11.1 Å². The summed E-state index contributed by atoms with van der Waals surface area (Å²) in [5, 5.41) is 0. The van der Waals surface area contributed by atoms with Crippen LogP contribution in [-0.4, -0.2) is 45.1 Å². The van der Waals surface area contributed by atoms with E-state index in [0.717, 1.165) is 44.3 Å². The summed E-state index contributed by atoms with van der Waals surface area (Å²) in [5.41, 5.74) is 7.40. The normalized spacial score (nSPS) is 11.1. The average molecular weight is 619 g/mol. The van der Waals surface area contributed by atoms with Crippen molar-refractivity contribution in [2.24, 2.45) is 0 Å². The highest BCUT2D eigenvalue weighted by Gasteiger charge is 2.18. The second kappa shape index (κ2) is 13.2. The number of esters is 2. The summed E-state index contributed by atoms with van der Waals surface area (Å²) in [6.45, 7) is 8.48. The largest absolute Gasteiger partial charge is 0.490 e. The summed E-state index contributed by atoms with van der Waals surface area (Å²) in [6, 6.07) is 22.5. The number of rotatable bonds is 11. The van der Waals surface area contributed by atoms with Gasteiger partial charge in [0.25, 0.3) is 0 Å². The maximum atomic E-state index is 12.8. The van der Waals surface area contributed by atoms with Crippen LogP contribution in [0.25, 0.3) is 44.8 Å². The van der Waals surface area contributed by atoms with Gasteiger partial charge in [-0.3, -0.25) is 9.59 Å². The Morgan fingerprint density at radius 3 is 1.43 bits per heavy atom. The van der Waals surface area contributed by atoms with Gasteiger partial charge in [0.15, 0.2) is 23.0 Å². The van der Waals surface area contributed by atoms with Gasteiger partial charge in [-0.2, -0.15) is 0 Å². The van der Waals surface area contributed by atoms with Gasteiger partial charge in [0.2, 0.25) is 0 Å². The molecule has 2 heterocycles. The van der Waals surface area contributed by atoms with Gasteiger partial charge in [-0.05, 0) is 99.5 Å². The number of benzene rings is 4. The highest BCUT2D eigenvalue weighted by Crippen LogP contribution is 2.35. The van der Waals surface area contributed by atoms with Crippen molar-refractivity contribution in [1.29, 1.82) is 0 Å². The summed E-state index contributed by atoms with van der Waals surface area (Å²) in [5.74, 6) is 1.47. The van der Waals surface area contributed by atoms with Crippen molar-refractivity contribution < 1.29 is 28.5 Å².